The van der Waals surface area contributed by atoms with Crippen molar-refractivity contribution in [2.75, 3.05) is 0 Å². The summed E-state index contributed by atoms with van der Waals surface area (Å²) in [5.41, 5.74) is 7.51. The molecule has 6 heteroatoms. The van der Waals surface area contributed by atoms with E-state index >= 15 is 0 Å². The number of aryl methyl sites for hydroxylation is 2. The minimum atomic E-state index is -0.729. The SMILES string of the molecule is Cc1cc(Cl)c2oc(C(=O)NC(CC(C)C)C(N)=O)c(C)c2c1. The number of rotatable bonds is 5. The van der Waals surface area contributed by atoms with Crippen molar-refractivity contribution in [1.82, 2.24) is 5.32 Å². The van der Waals surface area contributed by atoms with Gasteiger partial charge in [0.2, 0.25) is 5.91 Å². The van der Waals surface area contributed by atoms with Gasteiger partial charge >= 0.3 is 0 Å². The van der Waals surface area contributed by atoms with Gasteiger partial charge < -0.3 is 15.5 Å². The molecule has 0 aliphatic rings. The molecule has 0 bridgehead atoms. The van der Waals surface area contributed by atoms with Gasteiger partial charge in [0.25, 0.3) is 5.91 Å². The van der Waals surface area contributed by atoms with E-state index in [9.17, 15) is 9.59 Å². The summed E-state index contributed by atoms with van der Waals surface area (Å²) in [7, 11) is 0. The fourth-order valence-electron chi connectivity index (χ4n) is 2.57. The van der Waals surface area contributed by atoms with Crippen LogP contribution in [0.3, 0.4) is 0 Å². The van der Waals surface area contributed by atoms with E-state index in [1.165, 1.54) is 0 Å². The van der Waals surface area contributed by atoms with Crippen LogP contribution in [0.15, 0.2) is 16.5 Å². The lowest BCUT2D eigenvalue weighted by atomic mass is 10.0. The lowest BCUT2D eigenvalue weighted by molar-refractivity contribution is -0.120. The summed E-state index contributed by atoms with van der Waals surface area (Å²) in [5.74, 6) is -0.643. The zero-order valence-corrected chi connectivity index (χ0v) is 14.5. The number of nitrogens with two attached hydrogens (primary N) is 1. The molecule has 124 valence electrons. The van der Waals surface area contributed by atoms with Gasteiger partial charge in [0.05, 0.1) is 5.02 Å². The summed E-state index contributed by atoms with van der Waals surface area (Å²) in [4.78, 5) is 24.0. The first-order valence-corrected chi connectivity index (χ1v) is 7.88. The molecule has 0 spiro atoms. The first-order valence-electron chi connectivity index (χ1n) is 7.50. The fourth-order valence-corrected chi connectivity index (χ4v) is 2.88. The Morgan fingerprint density at radius 3 is 2.52 bits per heavy atom. The van der Waals surface area contributed by atoms with E-state index in [-0.39, 0.29) is 11.7 Å². The zero-order chi connectivity index (χ0) is 17.3. The number of carbonyl (C=O) groups excluding carboxylic acids is 2. The number of hydrogen-bond acceptors (Lipinski definition) is 3. The van der Waals surface area contributed by atoms with Crippen LogP contribution >= 0.6 is 11.6 Å². The van der Waals surface area contributed by atoms with Crippen LogP contribution in [0.5, 0.6) is 0 Å². The predicted molar refractivity (Wildman–Crippen MR) is 90.6 cm³/mol. The lowest BCUT2D eigenvalue weighted by Crippen LogP contribution is -2.45. The van der Waals surface area contributed by atoms with Gasteiger partial charge in [0.15, 0.2) is 11.3 Å². The van der Waals surface area contributed by atoms with Gasteiger partial charge in [-0.2, -0.15) is 0 Å². The summed E-state index contributed by atoms with van der Waals surface area (Å²) >= 11 is 6.18. The molecule has 23 heavy (non-hydrogen) atoms. The molecule has 1 heterocycles. The quantitative estimate of drug-likeness (QED) is 0.878. The molecule has 2 aromatic rings. The van der Waals surface area contributed by atoms with E-state index in [1.54, 1.807) is 13.0 Å². The molecule has 5 nitrogen and oxygen atoms in total. The van der Waals surface area contributed by atoms with Gasteiger partial charge in [0, 0.05) is 10.9 Å². The van der Waals surface area contributed by atoms with Gasteiger partial charge in [0.1, 0.15) is 6.04 Å². The second-order valence-electron chi connectivity index (χ2n) is 6.24. The van der Waals surface area contributed by atoms with Crippen LogP contribution in [-0.2, 0) is 4.79 Å². The van der Waals surface area contributed by atoms with E-state index in [0.29, 0.717) is 22.6 Å². The van der Waals surface area contributed by atoms with E-state index in [4.69, 9.17) is 21.8 Å². The Kier molecular flexibility index (Phi) is 5.00. The van der Waals surface area contributed by atoms with Gasteiger partial charge in [-0.15, -0.1) is 0 Å². The van der Waals surface area contributed by atoms with Crippen molar-refractivity contribution in [3.8, 4) is 0 Å². The smallest absolute Gasteiger partial charge is 0.287 e. The summed E-state index contributed by atoms with van der Waals surface area (Å²) in [6.45, 7) is 7.62. The molecule has 0 radical (unpaired) electrons. The standard InChI is InChI=1S/C17H21ClN2O3/c1-8(2)5-13(16(19)21)20-17(22)14-10(4)11-6-9(3)7-12(18)15(11)23-14/h6-8,13H,5H2,1-4H3,(H2,19,21)(H,20,22). The minimum absolute atomic E-state index is 0.155. The van der Waals surface area contributed by atoms with Crippen molar-refractivity contribution in [3.05, 3.63) is 34.0 Å². The molecule has 0 aliphatic carbocycles. The minimum Gasteiger partial charge on any atom is -0.449 e. The topological polar surface area (TPSA) is 85.3 Å². The molecule has 0 saturated heterocycles. The molecule has 1 unspecified atom stereocenters. The van der Waals surface area contributed by atoms with E-state index in [2.05, 4.69) is 5.32 Å². The first kappa shape index (κ1) is 17.3. The molecule has 2 amide bonds. The number of hydrogen-bond donors (Lipinski definition) is 2. The second kappa shape index (κ2) is 6.62. The van der Waals surface area contributed by atoms with Gasteiger partial charge in [-0.25, -0.2) is 0 Å². The van der Waals surface area contributed by atoms with E-state index in [0.717, 1.165) is 10.9 Å². The summed E-state index contributed by atoms with van der Waals surface area (Å²) in [6, 6.07) is 2.96. The van der Waals surface area contributed by atoms with Gasteiger partial charge in [-0.05, 0) is 43.9 Å². The second-order valence-corrected chi connectivity index (χ2v) is 6.64. The average molecular weight is 337 g/mol. The Bertz CT molecular complexity index is 765. The summed E-state index contributed by atoms with van der Waals surface area (Å²) in [5, 5.41) is 3.90. The van der Waals surface area contributed by atoms with Crippen molar-refractivity contribution in [1.29, 1.82) is 0 Å². The van der Waals surface area contributed by atoms with Crippen molar-refractivity contribution >= 4 is 34.4 Å². The van der Waals surface area contributed by atoms with Crippen LogP contribution in [0.2, 0.25) is 5.02 Å². The third-order valence-corrected chi connectivity index (χ3v) is 3.98. The van der Waals surface area contributed by atoms with Crippen LogP contribution in [0.25, 0.3) is 11.0 Å². The molecular weight excluding hydrogens is 316 g/mol. The summed E-state index contributed by atoms with van der Waals surface area (Å²) in [6.07, 6.45) is 0.472. The number of fused-ring (bicyclic) bond motifs is 1. The number of primary amides is 1. The molecule has 1 atom stereocenters. The molecule has 0 aliphatic heterocycles. The predicted octanol–water partition coefficient (Wildman–Crippen LogP) is 3.33. The van der Waals surface area contributed by atoms with Crippen LogP contribution < -0.4 is 11.1 Å². The van der Waals surface area contributed by atoms with Crippen LogP contribution in [0.1, 0.15) is 41.9 Å². The van der Waals surface area contributed by atoms with Crippen molar-refractivity contribution < 1.29 is 14.0 Å². The van der Waals surface area contributed by atoms with Crippen LogP contribution in [0, 0.1) is 19.8 Å². The Morgan fingerprint density at radius 2 is 1.96 bits per heavy atom. The maximum atomic E-state index is 12.5. The Morgan fingerprint density at radius 1 is 1.30 bits per heavy atom. The maximum Gasteiger partial charge on any atom is 0.287 e. The summed E-state index contributed by atoms with van der Waals surface area (Å²) < 4.78 is 5.64. The normalized spacial score (nSPS) is 12.6. The molecule has 0 fully saturated rings. The monoisotopic (exact) mass is 336 g/mol. The molecule has 1 aromatic carbocycles. The highest BCUT2D eigenvalue weighted by molar-refractivity contribution is 6.35. The number of furan rings is 1. The molecule has 3 N–H and O–H groups in total. The van der Waals surface area contributed by atoms with Crippen LogP contribution in [-0.4, -0.2) is 17.9 Å². The highest BCUT2D eigenvalue weighted by Gasteiger charge is 2.24. The average Bonchev–Trinajstić information content (AvgIpc) is 2.75. The molecule has 1 aromatic heterocycles. The maximum absolute atomic E-state index is 12.5. The van der Waals surface area contributed by atoms with Crippen molar-refractivity contribution in [2.24, 2.45) is 11.7 Å². The van der Waals surface area contributed by atoms with E-state index in [1.807, 2.05) is 26.8 Å². The number of amides is 2. The Balaban J connectivity index is 2.36. The fraction of sp³-hybridized carbons (Fsp3) is 0.412. The zero-order valence-electron chi connectivity index (χ0n) is 13.7. The van der Waals surface area contributed by atoms with Crippen molar-refractivity contribution in [3.63, 3.8) is 0 Å². The highest BCUT2D eigenvalue weighted by atomic mass is 35.5. The number of halogens is 1. The number of benzene rings is 1. The first-order chi connectivity index (χ1) is 10.7. The van der Waals surface area contributed by atoms with Crippen LogP contribution in [0.4, 0.5) is 0 Å². The Hall–Kier alpha value is -2.01. The molecule has 0 saturated carbocycles. The highest BCUT2D eigenvalue weighted by Crippen LogP contribution is 2.32. The van der Waals surface area contributed by atoms with Gasteiger partial charge in [-0.3, -0.25) is 9.59 Å². The number of carbonyl (C=O) groups is 2. The molecular formula is C17H21ClN2O3. The largest absolute Gasteiger partial charge is 0.449 e. The van der Waals surface area contributed by atoms with E-state index < -0.39 is 17.9 Å². The third-order valence-electron chi connectivity index (χ3n) is 3.70. The van der Waals surface area contributed by atoms with Gasteiger partial charge in [-0.1, -0.05) is 25.4 Å². The lowest BCUT2D eigenvalue weighted by Gasteiger charge is -2.16. The van der Waals surface area contributed by atoms with Crippen molar-refractivity contribution in [2.45, 2.75) is 40.2 Å². The molecule has 2 rings (SSSR count). The Labute approximate surface area is 140 Å². The number of nitrogens with one attached hydrogen (secondary N) is 1. The third kappa shape index (κ3) is 3.67.